The van der Waals surface area contributed by atoms with Gasteiger partial charge in [-0.2, -0.15) is 0 Å². The van der Waals surface area contributed by atoms with Gasteiger partial charge in [0, 0.05) is 26.2 Å². The van der Waals surface area contributed by atoms with Crippen LogP contribution in [0.25, 0.3) is 0 Å². The molecule has 0 radical (unpaired) electrons. The average molecular weight is 358 g/mol. The number of nitrogens with two attached hydrogens (primary N) is 1. The highest BCUT2D eigenvalue weighted by Crippen LogP contribution is 2.19. The monoisotopic (exact) mass is 358 g/mol. The van der Waals surface area contributed by atoms with Crippen LogP contribution in [0.2, 0.25) is 0 Å². The maximum Gasteiger partial charge on any atom is 0.224 e. The van der Waals surface area contributed by atoms with Crippen molar-refractivity contribution in [1.82, 2.24) is 15.5 Å². The van der Waals surface area contributed by atoms with Gasteiger partial charge in [0.25, 0.3) is 0 Å². The van der Waals surface area contributed by atoms with Gasteiger partial charge in [-0.15, -0.1) is 0 Å². The molecule has 6 heteroatoms. The van der Waals surface area contributed by atoms with Gasteiger partial charge in [0.05, 0.1) is 11.8 Å². The normalized spacial score (nSPS) is 24.2. The lowest BCUT2D eigenvalue weighted by Gasteiger charge is -2.31. The van der Waals surface area contributed by atoms with Gasteiger partial charge in [0.15, 0.2) is 0 Å². The molecule has 4 N–H and O–H groups in total. The van der Waals surface area contributed by atoms with E-state index in [2.05, 4.69) is 27.7 Å². The fourth-order valence-electron chi connectivity index (χ4n) is 3.94. The van der Waals surface area contributed by atoms with Crippen molar-refractivity contribution in [3.05, 3.63) is 35.4 Å². The van der Waals surface area contributed by atoms with Gasteiger partial charge in [-0.05, 0) is 49.9 Å². The molecule has 0 bridgehead atoms. The summed E-state index contributed by atoms with van der Waals surface area (Å²) in [6, 6.07) is 8.33. The molecule has 0 spiro atoms. The Kier molecular flexibility index (Phi) is 6.63. The van der Waals surface area contributed by atoms with Crippen LogP contribution in [-0.4, -0.2) is 42.9 Å². The molecule has 6 nitrogen and oxygen atoms in total. The van der Waals surface area contributed by atoms with E-state index in [0.29, 0.717) is 6.54 Å². The number of rotatable bonds is 6. The number of hydrogen-bond donors (Lipinski definition) is 3. The van der Waals surface area contributed by atoms with Crippen LogP contribution in [0, 0.1) is 11.8 Å². The van der Waals surface area contributed by atoms with Crippen LogP contribution in [0.15, 0.2) is 24.3 Å². The predicted molar refractivity (Wildman–Crippen MR) is 101 cm³/mol. The van der Waals surface area contributed by atoms with E-state index >= 15 is 0 Å². The molecular weight excluding hydrogens is 328 g/mol. The summed E-state index contributed by atoms with van der Waals surface area (Å²) in [5.41, 5.74) is 7.79. The van der Waals surface area contributed by atoms with E-state index in [0.717, 1.165) is 64.0 Å². The summed E-state index contributed by atoms with van der Waals surface area (Å²) in [6.45, 7) is 4.91. The van der Waals surface area contributed by atoms with Crippen LogP contribution >= 0.6 is 0 Å². The number of carbonyl (C=O) groups excluding carboxylic acids is 2. The Bertz CT molecular complexity index is 628. The molecule has 2 heterocycles. The maximum absolute atomic E-state index is 12.3. The van der Waals surface area contributed by atoms with E-state index < -0.39 is 0 Å². The Hall–Kier alpha value is -1.92. The minimum atomic E-state index is -0.191. The predicted octanol–water partition coefficient (Wildman–Crippen LogP) is 1.000. The summed E-state index contributed by atoms with van der Waals surface area (Å²) in [5.74, 6) is 0.00707. The fourth-order valence-corrected chi connectivity index (χ4v) is 3.94. The third kappa shape index (κ3) is 5.29. The van der Waals surface area contributed by atoms with Crippen molar-refractivity contribution in [2.45, 2.75) is 38.8 Å². The summed E-state index contributed by atoms with van der Waals surface area (Å²) < 4.78 is 0. The molecule has 2 atom stereocenters. The lowest BCUT2D eigenvalue weighted by atomic mass is 9.97. The van der Waals surface area contributed by atoms with Crippen molar-refractivity contribution in [1.29, 1.82) is 0 Å². The number of benzene rings is 1. The Morgan fingerprint density at radius 2 is 2.00 bits per heavy atom. The first-order valence-corrected chi connectivity index (χ1v) is 9.70. The van der Waals surface area contributed by atoms with Crippen LogP contribution in [-0.2, 0) is 22.7 Å². The molecule has 2 saturated heterocycles. The molecule has 2 fully saturated rings. The van der Waals surface area contributed by atoms with E-state index in [-0.39, 0.29) is 23.7 Å². The Labute approximate surface area is 155 Å². The van der Waals surface area contributed by atoms with Gasteiger partial charge in [0.2, 0.25) is 11.8 Å². The van der Waals surface area contributed by atoms with Gasteiger partial charge in [-0.1, -0.05) is 24.3 Å². The quantitative estimate of drug-likeness (QED) is 0.708. The minimum absolute atomic E-state index is 0.0321. The zero-order valence-corrected chi connectivity index (χ0v) is 15.4. The smallest absolute Gasteiger partial charge is 0.224 e. The summed E-state index contributed by atoms with van der Waals surface area (Å²) in [7, 11) is 0. The molecule has 142 valence electrons. The lowest BCUT2D eigenvalue weighted by Crippen LogP contribution is -2.40. The van der Waals surface area contributed by atoms with E-state index in [1.54, 1.807) is 0 Å². The topological polar surface area (TPSA) is 87.5 Å². The van der Waals surface area contributed by atoms with Gasteiger partial charge in [-0.25, -0.2) is 0 Å². The largest absolute Gasteiger partial charge is 0.369 e. The highest BCUT2D eigenvalue weighted by molar-refractivity contribution is 5.79. The first-order valence-electron chi connectivity index (χ1n) is 9.70. The fraction of sp³-hybridized carbons (Fsp3) is 0.600. The molecule has 3 rings (SSSR count). The molecular formula is C20H30N4O2. The van der Waals surface area contributed by atoms with Crippen LogP contribution in [0.3, 0.4) is 0 Å². The second-order valence-corrected chi connectivity index (χ2v) is 7.56. The highest BCUT2D eigenvalue weighted by atomic mass is 16.2. The number of likely N-dealkylation sites (tertiary alicyclic amines) is 1. The van der Waals surface area contributed by atoms with Crippen LogP contribution < -0.4 is 16.4 Å². The number of nitrogens with zero attached hydrogens (tertiary/aromatic N) is 1. The van der Waals surface area contributed by atoms with Crippen molar-refractivity contribution in [3.63, 3.8) is 0 Å². The first kappa shape index (κ1) is 18.9. The lowest BCUT2D eigenvalue weighted by molar-refractivity contribution is -0.125. The standard InChI is InChI=1S/C20H30N4O2/c21-19(25)18-7-3-9-24(14-18)13-16-5-1-4-15(10-16)11-23-20(26)17-6-2-8-22-12-17/h1,4-5,10,17-18,22H,2-3,6-9,11-14H2,(H2,21,25)(H,23,26). The first-order chi connectivity index (χ1) is 12.6. The zero-order valence-electron chi connectivity index (χ0n) is 15.4. The molecule has 0 aromatic heterocycles. The van der Waals surface area contributed by atoms with E-state index in [9.17, 15) is 9.59 Å². The third-order valence-electron chi connectivity index (χ3n) is 5.44. The Morgan fingerprint density at radius 1 is 1.19 bits per heavy atom. The Morgan fingerprint density at radius 3 is 2.77 bits per heavy atom. The van der Waals surface area contributed by atoms with Crippen LogP contribution in [0.4, 0.5) is 0 Å². The van der Waals surface area contributed by atoms with Crippen molar-refractivity contribution >= 4 is 11.8 Å². The summed E-state index contributed by atoms with van der Waals surface area (Å²) in [4.78, 5) is 26.0. The average Bonchev–Trinajstić information content (AvgIpc) is 2.67. The molecule has 0 aliphatic carbocycles. The number of carbonyl (C=O) groups is 2. The second-order valence-electron chi connectivity index (χ2n) is 7.56. The molecule has 2 aliphatic heterocycles. The second kappa shape index (κ2) is 9.14. The number of nitrogens with one attached hydrogen (secondary N) is 2. The Balaban J connectivity index is 1.51. The van der Waals surface area contributed by atoms with Crippen molar-refractivity contribution in [3.8, 4) is 0 Å². The SMILES string of the molecule is NC(=O)C1CCCN(Cc2cccc(CNC(=O)C3CCCNC3)c2)C1. The summed E-state index contributed by atoms with van der Waals surface area (Å²) >= 11 is 0. The number of hydrogen-bond acceptors (Lipinski definition) is 4. The zero-order chi connectivity index (χ0) is 18.4. The van der Waals surface area contributed by atoms with Crippen molar-refractivity contribution in [2.24, 2.45) is 17.6 Å². The van der Waals surface area contributed by atoms with Gasteiger partial charge < -0.3 is 16.4 Å². The van der Waals surface area contributed by atoms with E-state index in [4.69, 9.17) is 5.73 Å². The number of amides is 2. The molecule has 2 aliphatic rings. The van der Waals surface area contributed by atoms with Crippen molar-refractivity contribution in [2.75, 3.05) is 26.2 Å². The minimum Gasteiger partial charge on any atom is -0.369 e. The molecule has 2 unspecified atom stereocenters. The number of primary amides is 1. The van der Waals surface area contributed by atoms with Crippen LogP contribution in [0.5, 0.6) is 0 Å². The van der Waals surface area contributed by atoms with E-state index in [1.165, 1.54) is 5.56 Å². The molecule has 1 aromatic rings. The van der Waals surface area contributed by atoms with Gasteiger partial charge in [0.1, 0.15) is 0 Å². The van der Waals surface area contributed by atoms with Gasteiger partial charge in [-0.3, -0.25) is 14.5 Å². The van der Waals surface area contributed by atoms with Crippen molar-refractivity contribution < 1.29 is 9.59 Å². The third-order valence-corrected chi connectivity index (χ3v) is 5.44. The van der Waals surface area contributed by atoms with Crippen LogP contribution in [0.1, 0.15) is 36.8 Å². The summed E-state index contributed by atoms with van der Waals surface area (Å²) in [5, 5.41) is 6.35. The van der Waals surface area contributed by atoms with Gasteiger partial charge >= 0.3 is 0 Å². The number of piperidine rings is 2. The molecule has 1 aromatic carbocycles. The maximum atomic E-state index is 12.3. The summed E-state index contributed by atoms with van der Waals surface area (Å²) in [6.07, 6.45) is 3.94. The highest BCUT2D eigenvalue weighted by Gasteiger charge is 2.24. The molecule has 0 saturated carbocycles. The van der Waals surface area contributed by atoms with E-state index in [1.807, 2.05) is 12.1 Å². The molecule has 26 heavy (non-hydrogen) atoms. The molecule has 2 amide bonds.